The van der Waals surface area contributed by atoms with Gasteiger partial charge in [-0.25, -0.2) is 9.67 Å². The van der Waals surface area contributed by atoms with Crippen LogP contribution in [0.25, 0.3) is 0 Å². The Morgan fingerprint density at radius 3 is 2.30 bits per heavy atom. The first-order chi connectivity index (χ1) is 18.4. The Bertz CT molecular complexity index is 1480. The number of aromatic nitrogens is 3. The molecule has 0 radical (unpaired) electrons. The zero-order chi connectivity index (χ0) is 29.8. The molecule has 1 saturated carbocycles. The fraction of sp³-hybridized carbons (Fsp3) is 0.600. The first-order valence-corrected chi connectivity index (χ1v) is 15.1. The molecule has 1 saturated heterocycles. The van der Waals surface area contributed by atoms with Crippen molar-refractivity contribution < 1.29 is 60.9 Å². The van der Waals surface area contributed by atoms with Crippen molar-refractivity contribution in [2.24, 2.45) is 0 Å². The zero-order valence-electron chi connectivity index (χ0n) is 20.1. The predicted molar refractivity (Wildman–Crippen MR) is 132 cm³/mol. The molecule has 0 amide bonds. The Kier molecular flexibility index (Phi) is 8.49. The smallest absolute Gasteiger partial charge is 0.330 e. The lowest BCUT2D eigenvalue weighted by Gasteiger charge is -2.39. The van der Waals surface area contributed by atoms with E-state index in [1.807, 2.05) is 0 Å². The SMILES string of the molecule is O=S(=O)(O)c1c(O[C@@H]2O[C@H](CO)[C@@H](O)[C@H](O)[C@H]2O)ccc(CC(O)(Cn2ncnc2S(=O)(=O)O)C2(Cl)CC2)c1Cl. The Balaban J connectivity index is 1.71. The molecule has 1 aromatic carbocycles. The summed E-state index contributed by atoms with van der Waals surface area (Å²) < 4.78 is 78.6. The van der Waals surface area contributed by atoms with Crippen LogP contribution in [0.15, 0.2) is 28.5 Å². The largest absolute Gasteiger partial charge is 0.460 e. The lowest BCUT2D eigenvalue weighted by molar-refractivity contribution is -0.277. The number of aliphatic hydroxyl groups excluding tert-OH is 4. The molecule has 2 fully saturated rings. The Morgan fingerprint density at radius 2 is 1.75 bits per heavy atom. The number of hydrogen-bond acceptors (Lipinski definition) is 13. The van der Waals surface area contributed by atoms with E-state index in [4.69, 9.17) is 32.7 Å². The van der Waals surface area contributed by atoms with Crippen molar-refractivity contribution in [1.29, 1.82) is 0 Å². The summed E-state index contributed by atoms with van der Waals surface area (Å²) in [4.78, 5) is 1.12. The molecule has 2 aliphatic rings. The molecule has 20 heteroatoms. The lowest BCUT2D eigenvalue weighted by atomic mass is 9.89. The van der Waals surface area contributed by atoms with Crippen LogP contribution in [0.1, 0.15) is 18.4 Å². The third-order valence-corrected chi connectivity index (χ3v) is 9.69. The quantitative estimate of drug-likeness (QED) is 0.112. The Labute approximate surface area is 237 Å². The molecule has 2 aromatic rings. The molecule has 1 aromatic heterocycles. The first-order valence-electron chi connectivity index (χ1n) is 11.4. The van der Waals surface area contributed by atoms with Crippen LogP contribution in [0.3, 0.4) is 0 Å². The van der Waals surface area contributed by atoms with Gasteiger partial charge in [-0.15, -0.1) is 11.6 Å². The molecule has 7 N–H and O–H groups in total. The minimum atomic E-state index is -5.16. The molecule has 4 rings (SSSR count). The van der Waals surface area contributed by atoms with E-state index in [9.17, 15) is 51.5 Å². The predicted octanol–water partition coefficient (Wildman–Crippen LogP) is -1.65. The van der Waals surface area contributed by atoms with Crippen LogP contribution in [0.5, 0.6) is 5.75 Å². The molecule has 0 bridgehead atoms. The third-order valence-electron chi connectivity index (χ3n) is 6.72. The molecule has 40 heavy (non-hydrogen) atoms. The van der Waals surface area contributed by atoms with Crippen LogP contribution in [-0.2, 0) is 37.9 Å². The molecule has 0 spiro atoms. The van der Waals surface area contributed by atoms with Gasteiger partial charge in [-0.3, -0.25) is 9.11 Å². The fourth-order valence-corrected chi connectivity index (χ4v) is 6.42. The number of aliphatic hydroxyl groups is 5. The van der Waals surface area contributed by atoms with Gasteiger partial charge in [0.15, 0.2) is 4.90 Å². The minimum Gasteiger partial charge on any atom is -0.460 e. The molecule has 224 valence electrons. The number of nitrogens with zero attached hydrogens (tertiary/aromatic N) is 3. The highest BCUT2D eigenvalue weighted by atomic mass is 35.5. The van der Waals surface area contributed by atoms with Gasteiger partial charge in [0.2, 0.25) is 6.29 Å². The van der Waals surface area contributed by atoms with Gasteiger partial charge in [0.05, 0.1) is 23.0 Å². The Morgan fingerprint density at radius 1 is 1.10 bits per heavy atom. The maximum atomic E-state index is 12.3. The first kappa shape index (κ1) is 31.3. The fourth-order valence-electron chi connectivity index (χ4n) is 4.39. The van der Waals surface area contributed by atoms with E-state index in [1.165, 1.54) is 6.07 Å². The van der Waals surface area contributed by atoms with Crippen LogP contribution in [0, 0.1) is 0 Å². The molecule has 6 atom stereocenters. The summed E-state index contributed by atoms with van der Waals surface area (Å²) in [7, 11) is -9.99. The van der Waals surface area contributed by atoms with Crippen molar-refractivity contribution in [2.45, 2.75) is 77.0 Å². The van der Waals surface area contributed by atoms with E-state index in [2.05, 4.69) is 10.1 Å². The summed E-state index contributed by atoms with van der Waals surface area (Å²) in [5.41, 5.74) is -2.14. The van der Waals surface area contributed by atoms with Gasteiger partial charge in [-0.1, -0.05) is 17.7 Å². The molecule has 1 aliphatic heterocycles. The molecule has 1 aliphatic carbocycles. The van der Waals surface area contributed by atoms with Crippen LogP contribution in [-0.4, -0.2) is 114 Å². The summed E-state index contributed by atoms with van der Waals surface area (Å²) in [6, 6.07) is 2.19. The second kappa shape index (κ2) is 10.9. The van der Waals surface area contributed by atoms with Gasteiger partial charge in [-0.05, 0) is 24.5 Å². The van der Waals surface area contributed by atoms with Crippen LogP contribution in [0.4, 0.5) is 0 Å². The van der Waals surface area contributed by atoms with E-state index < -0.39 is 102 Å². The topological polar surface area (TPSA) is 259 Å². The lowest BCUT2D eigenvalue weighted by Crippen LogP contribution is -2.60. The highest BCUT2D eigenvalue weighted by Gasteiger charge is 2.58. The molecule has 16 nitrogen and oxygen atoms in total. The highest BCUT2D eigenvalue weighted by Crippen LogP contribution is 2.53. The highest BCUT2D eigenvalue weighted by molar-refractivity contribution is 7.86. The number of halogens is 2. The minimum absolute atomic E-state index is 0.0987. The Hall–Kier alpha value is -1.68. The normalized spacial score (nSPS) is 28.2. The van der Waals surface area contributed by atoms with Crippen LogP contribution >= 0.6 is 23.2 Å². The summed E-state index contributed by atoms with van der Waals surface area (Å²) >= 11 is 12.9. The van der Waals surface area contributed by atoms with Gasteiger partial charge in [0, 0.05) is 6.42 Å². The van der Waals surface area contributed by atoms with Gasteiger partial charge in [0.25, 0.3) is 15.3 Å². The number of hydrogen-bond donors (Lipinski definition) is 7. The summed E-state index contributed by atoms with van der Waals surface area (Å²) in [5, 5.41) is 53.3. The maximum Gasteiger partial charge on any atom is 0.330 e. The number of benzene rings is 1. The van der Waals surface area contributed by atoms with Gasteiger partial charge in [0.1, 0.15) is 42.1 Å². The van der Waals surface area contributed by atoms with Gasteiger partial charge < -0.3 is 35.0 Å². The maximum absolute atomic E-state index is 12.3. The number of ether oxygens (including phenoxy) is 2. The van der Waals surface area contributed by atoms with Crippen molar-refractivity contribution in [3.05, 3.63) is 29.0 Å². The van der Waals surface area contributed by atoms with E-state index in [0.29, 0.717) is 4.68 Å². The van der Waals surface area contributed by atoms with E-state index >= 15 is 0 Å². The summed E-state index contributed by atoms with van der Waals surface area (Å²) in [6.07, 6.45) is -7.84. The van der Waals surface area contributed by atoms with Crippen molar-refractivity contribution in [1.82, 2.24) is 14.8 Å². The average Bonchev–Trinajstić information content (AvgIpc) is 3.43. The monoisotopic (exact) mass is 649 g/mol. The zero-order valence-corrected chi connectivity index (χ0v) is 23.3. The van der Waals surface area contributed by atoms with Crippen molar-refractivity contribution in [3.63, 3.8) is 0 Å². The van der Waals surface area contributed by atoms with Crippen LogP contribution < -0.4 is 4.74 Å². The average molecular weight is 650 g/mol. The van der Waals surface area contributed by atoms with E-state index in [0.717, 1.165) is 12.4 Å². The third kappa shape index (κ3) is 5.94. The molecule has 1 unspecified atom stereocenters. The molecule has 2 heterocycles. The van der Waals surface area contributed by atoms with Crippen molar-refractivity contribution in [2.75, 3.05) is 6.61 Å². The second-order valence-electron chi connectivity index (χ2n) is 9.51. The van der Waals surface area contributed by atoms with Gasteiger partial charge >= 0.3 is 10.1 Å². The summed E-state index contributed by atoms with van der Waals surface area (Å²) in [6.45, 7) is -1.41. The second-order valence-corrected chi connectivity index (χ2v) is 13.3. The van der Waals surface area contributed by atoms with Gasteiger partial charge in [-0.2, -0.15) is 21.9 Å². The molecular weight excluding hydrogens is 625 g/mol. The van der Waals surface area contributed by atoms with E-state index in [-0.39, 0.29) is 18.4 Å². The number of alkyl halides is 1. The standard InChI is InChI=1S/C20H25Cl2N3O13S2/c21-12-9(5-20(30,19(22)3-4-19)7-25-18(23-8-24-25)40(34,35)36)1-2-10(16(12)39(31,32)33)37-17-15(29)14(28)13(27)11(6-26)38-17/h1-2,8,11,13-15,17,26-30H,3-7H2,(H,31,32,33)(H,34,35,36)/t11-,13-,14+,15-,17-,20?/m1/s1. The van der Waals surface area contributed by atoms with Crippen LogP contribution in [0.2, 0.25) is 5.02 Å². The van der Waals surface area contributed by atoms with E-state index in [1.54, 1.807) is 0 Å². The van der Waals surface area contributed by atoms with Crippen molar-refractivity contribution >= 4 is 43.4 Å². The summed E-state index contributed by atoms with van der Waals surface area (Å²) in [5.74, 6) is -0.652. The number of rotatable bonds is 10. The molecular formula is C20H25Cl2N3O13S2. The van der Waals surface area contributed by atoms with Crippen molar-refractivity contribution in [3.8, 4) is 5.75 Å².